The first-order valence-electron chi connectivity index (χ1n) is 14.0. The van der Waals surface area contributed by atoms with E-state index in [9.17, 15) is 18.0 Å². The lowest BCUT2D eigenvalue weighted by Crippen LogP contribution is -2.42. The van der Waals surface area contributed by atoms with Gasteiger partial charge in [0.2, 0.25) is 0 Å². The fraction of sp³-hybridized carbons (Fsp3) is 0.394. The van der Waals surface area contributed by atoms with Gasteiger partial charge >= 0.3 is 10.1 Å². The third-order valence-electron chi connectivity index (χ3n) is 8.09. The predicted molar refractivity (Wildman–Crippen MR) is 162 cm³/mol. The molecular formula is C33H36ClNO6S. The number of carbonyl (C=O) groups excluding carboxylic acids is 2. The van der Waals surface area contributed by atoms with Gasteiger partial charge in [-0.1, -0.05) is 51.4 Å². The van der Waals surface area contributed by atoms with Crippen LogP contribution in [-0.4, -0.2) is 27.1 Å². The van der Waals surface area contributed by atoms with Crippen LogP contribution in [0, 0.1) is 10.8 Å². The Morgan fingerprint density at radius 3 is 2.00 bits per heavy atom. The van der Waals surface area contributed by atoms with Crippen molar-refractivity contribution in [1.82, 2.24) is 5.32 Å². The monoisotopic (exact) mass is 609 g/mol. The van der Waals surface area contributed by atoms with Crippen LogP contribution in [-0.2, 0) is 26.1 Å². The maximum absolute atomic E-state index is 13.7. The molecule has 7 nitrogen and oxygen atoms in total. The molecule has 2 aliphatic carbocycles. The van der Waals surface area contributed by atoms with E-state index < -0.39 is 16.0 Å². The fourth-order valence-corrected chi connectivity index (χ4v) is 7.49. The Bertz CT molecular complexity index is 1610. The summed E-state index contributed by atoms with van der Waals surface area (Å²) in [5, 5.41) is 3.92. The summed E-state index contributed by atoms with van der Waals surface area (Å²) < 4.78 is 37.9. The number of nitrogens with one attached hydrogen (secondary N) is 1. The first-order valence-corrected chi connectivity index (χ1v) is 15.7. The second kappa shape index (κ2) is 10.7. The molecule has 0 spiro atoms. The highest BCUT2D eigenvalue weighted by Crippen LogP contribution is 2.52. The van der Waals surface area contributed by atoms with Crippen LogP contribution in [0.25, 0.3) is 0 Å². The Kier molecular flexibility index (Phi) is 7.69. The molecule has 0 radical (unpaired) electrons. The number of ether oxygens (including phenoxy) is 1. The lowest BCUT2D eigenvalue weighted by Gasteiger charge is -2.44. The van der Waals surface area contributed by atoms with Crippen LogP contribution >= 0.6 is 11.6 Å². The zero-order chi connectivity index (χ0) is 30.6. The number of rotatable bonds is 7. The molecule has 0 saturated carbocycles. The van der Waals surface area contributed by atoms with E-state index in [1.165, 1.54) is 31.4 Å². The number of allylic oxidation sites excluding steroid dienone is 5. The highest BCUT2D eigenvalue weighted by Gasteiger charge is 2.46. The number of hydrogen-bond donors (Lipinski definition) is 1. The molecule has 0 aromatic heterocycles. The average Bonchev–Trinajstić information content (AvgIpc) is 2.87. The number of carbonyl (C=O) groups is 2. The second-order valence-electron chi connectivity index (χ2n) is 12.9. The van der Waals surface area contributed by atoms with Gasteiger partial charge in [0.25, 0.3) is 0 Å². The third kappa shape index (κ3) is 5.66. The molecule has 3 aliphatic rings. The van der Waals surface area contributed by atoms with Crippen LogP contribution in [0.15, 0.2) is 76.5 Å². The first kappa shape index (κ1) is 30.1. The van der Waals surface area contributed by atoms with Crippen molar-refractivity contribution < 1.29 is 26.9 Å². The Morgan fingerprint density at radius 1 is 0.952 bits per heavy atom. The van der Waals surface area contributed by atoms with Crippen LogP contribution in [0.2, 0.25) is 5.02 Å². The smallest absolute Gasteiger partial charge is 0.339 e. The van der Waals surface area contributed by atoms with Gasteiger partial charge in [0.1, 0.15) is 4.90 Å². The molecule has 0 atom stereocenters. The normalized spacial score (nSPS) is 20.0. The summed E-state index contributed by atoms with van der Waals surface area (Å²) in [6.45, 7) is 12.1. The molecular weight excluding hydrogens is 574 g/mol. The zero-order valence-corrected chi connectivity index (χ0v) is 26.2. The van der Waals surface area contributed by atoms with Crippen molar-refractivity contribution >= 4 is 33.3 Å². The van der Waals surface area contributed by atoms with Crippen LogP contribution in [0.4, 0.5) is 0 Å². The van der Waals surface area contributed by atoms with Crippen molar-refractivity contribution in [3.8, 4) is 11.5 Å². The molecule has 1 aliphatic heterocycles. The van der Waals surface area contributed by atoms with Crippen molar-refractivity contribution in [1.29, 1.82) is 0 Å². The molecule has 5 rings (SSSR count). The number of methoxy groups -OCH3 is 1. The Labute approximate surface area is 252 Å². The molecule has 0 bridgehead atoms. The van der Waals surface area contributed by atoms with Crippen molar-refractivity contribution in [3.63, 3.8) is 0 Å². The van der Waals surface area contributed by atoms with Gasteiger partial charge in [-0.05, 0) is 66.0 Å². The van der Waals surface area contributed by atoms with Gasteiger partial charge in [-0.3, -0.25) is 9.59 Å². The molecule has 2 aromatic rings. The zero-order valence-electron chi connectivity index (χ0n) is 24.6. The summed E-state index contributed by atoms with van der Waals surface area (Å²) in [5.41, 5.74) is 3.61. The van der Waals surface area contributed by atoms with E-state index in [0.717, 1.165) is 11.4 Å². The summed E-state index contributed by atoms with van der Waals surface area (Å²) in [6.07, 6.45) is 3.98. The topological polar surface area (TPSA) is 98.8 Å². The fourth-order valence-electron chi connectivity index (χ4n) is 6.38. The van der Waals surface area contributed by atoms with E-state index >= 15 is 0 Å². The molecule has 222 valence electrons. The molecule has 0 fully saturated rings. The Balaban J connectivity index is 1.69. The quantitative estimate of drug-likeness (QED) is 0.272. The van der Waals surface area contributed by atoms with Gasteiger partial charge in [0.15, 0.2) is 23.1 Å². The summed E-state index contributed by atoms with van der Waals surface area (Å²) in [5.74, 6) is -0.406. The van der Waals surface area contributed by atoms with Gasteiger partial charge in [0.05, 0.1) is 7.11 Å². The predicted octanol–water partition coefficient (Wildman–Crippen LogP) is 6.82. The minimum absolute atomic E-state index is 0.00202. The molecule has 0 unspecified atom stereocenters. The lowest BCUT2D eigenvalue weighted by atomic mass is 9.64. The SMILES string of the molecule is C=CCc1cc(C2C3=C(CC(C)(C)CC3=O)NC3=C2C(=O)CC(C)(C)C3)cc(OC)c1OS(=O)(=O)c1ccc(Cl)cc1. The van der Waals surface area contributed by atoms with Crippen molar-refractivity contribution in [3.05, 3.63) is 87.7 Å². The second-order valence-corrected chi connectivity index (χ2v) is 14.9. The van der Waals surface area contributed by atoms with Crippen molar-refractivity contribution in [2.24, 2.45) is 10.8 Å². The van der Waals surface area contributed by atoms with Crippen molar-refractivity contribution in [2.75, 3.05) is 7.11 Å². The van der Waals surface area contributed by atoms with Gasteiger partial charge in [-0.25, -0.2) is 0 Å². The summed E-state index contributed by atoms with van der Waals surface area (Å²) in [7, 11) is -2.80. The Hall–Kier alpha value is -3.36. The molecule has 0 amide bonds. The van der Waals surface area contributed by atoms with E-state index in [0.29, 0.717) is 53.0 Å². The standard InChI is InChI=1S/C33H36ClNO6S/c1-7-8-19-13-20(14-27(40-6)31(19)41-42(38,39)22-11-9-21(34)10-12-22)28-29-23(15-32(2,3)17-25(29)36)35-24-16-33(4,5)18-26(37)30(24)28/h7,9-14,28,35H,1,8,15-18H2,2-6H3. The number of ketones is 2. The summed E-state index contributed by atoms with van der Waals surface area (Å²) in [6, 6.07) is 9.18. The van der Waals surface area contributed by atoms with Gasteiger partial charge in [-0.15, -0.1) is 6.58 Å². The molecule has 0 saturated heterocycles. The largest absolute Gasteiger partial charge is 0.493 e. The molecule has 9 heteroatoms. The number of benzene rings is 2. The molecule has 42 heavy (non-hydrogen) atoms. The highest BCUT2D eigenvalue weighted by atomic mass is 35.5. The summed E-state index contributed by atoms with van der Waals surface area (Å²) in [4.78, 5) is 27.4. The number of halogens is 1. The van der Waals surface area contributed by atoms with Crippen LogP contribution in [0.3, 0.4) is 0 Å². The van der Waals surface area contributed by atoms with Crippen LogP contribution in [0.5, 0.6) is 11.5 Å². The van der Waals surface area contributed by atoms with Gasteiger partial charge in [-0.2, -0.15) is 8.42 Å². The van der Waals surface area contributed by atoms with E-state index in [2.05, 4.69) is 39.6 Å². The number of Topliss-reactive ketones (excluding diaryl/α,β-unsaturated/α-hetero) is 2. The van der Waals surface area contributed by atoms with Gasteiger partial charge in [0, 0.05) is 51.9 Å². The van der Waals surface area contributed by atoms with E-state index in [1.54, 1.807) is 12.1 Å². The molecule has 1 heterocycles. The van der Waals surface area contributed by atoms with E-state index in [-0.39, 0.29) is 45.2 Å². The van der Waals surface area contributed by atoms with Crippen LogP contribution < -0.4 is 14.2 Å². The van der Waals surface area contributed by atoms with E-state index in [4.69, 9.17) is 20.5 Å². The minimum Gasteiger partial charge on any atom is -0.493 e. The maximum atomic E-state index is 13.7. The summed E-state index contributed by atoms with van der Waals surface area (Å²) >= 11 is 5.95. The third-order valence-corrected chi connectivity index (χ3v) is 9.57. The average molecular weight is 610 g/mol. The molecule has 2 aromatic carbocycles. The lowest BCUT2D eigenvalue weighted by molar-refractivity contribution is -0.119. The van der Waals surface area contributed by atoms with Crippen LogP contribution in [0.1, 0.15) is 70.4 Å². The van der Waals surface area contributed by atoms with E-state index in [1.807, 2.05) is 6.07 Å². The number of hydrogen-bond acceptors (Lipinski definition) is 7. The maximum Gasteiger partial charge on any atom is 0.339 e. The first-order chi connectivity index (χ1) is 19.6. The van der Waals surface area contributed by atoms with Crippen molar-refractivity contribution in [2.45, 2.75) is 70.6 Å². The number of dihydropyridines is 1. The minimum atomic E-state index is -4.23. The van der Waals surface area contributed by atoms with Gasteiger partial charge < -0.3 is 14.2 Å². The molecule has 1 N–H and O–H groups in total. The Morgan fingerprint density at radius 2 is 1.50 bits per heavy atom. The highest BCUT2D eigenvalue weighted by molar-refractivity contribution is 7.87.